The van der Waals surface area contributed by atoms with Crippen molar-refractivity contribution in [1.29, 1.82) is 5.41 Å². The minimum Gasteiger partial charge on any atom is -0.383 e. The average molecular weight is 465 g/mol. The van der Waals surface area contributed by atoms with E-state index in [4.69, 9.17) is 32.3 Å². The molecule has 0 unspecified atom stereocenters. The van der Waals surface area contributed by atoms with Crippen LogP contribution in [0.5, 0.6) is 0 Å². The monoisotopic (exact) mass is 464 g/mol. The van der Waals surface area contributed by atoms with Crippen LogP contribution in [0.15, 0.2) is 38.4 Å². The highest BCUT2D eigenvalue weighted by molar-refractivity contribution is 8.00. The molecule has 29 heavy (non-hydrogen) atoms. The third-order valence-electron chi connectivity index (χ3n) is 4.20. The number of aryl methyl sites for hydroxylation is 1. The summed E-state index contributed by atoms with van der Waals surface area (Å²) in [6, 6.07) is 6.36. The molecular weight excluding hydrogens is 451 g/mol. The number of aromatic nitrogens is 2. The van der Waals surface area contributed by atoms with Gasteiger partial charge in [-0.25, -0.2) is 9.37 Å². The molecule has 10 heteroatoms. The van der Waals surface area contributed by atoms with Gasteiger partial charge in [-0.3, -0.25) is 5.41 Å². The Morgan fingerprint density at radius 2 is 2.14 bits per heavy atom. The zero-order chi connectivity index (χ0) is 20.7. The van der Waals surface area contributed by atoms with Crippen LogP contribution in [0.1, 0.15) is 10.6 Å². The van der Waals surface area contributed by atoms with Crippen LogP contribution >= 0.6 is 46.0 Å². The molecule has 0 saturated heterocycles. The number of thiophene rings is 1. The topological polar surface area (TPSA) is 88.8 Å². The quantitative estimate of drug-likeness (QED) is 0.205. The van der Waals surface area contributed by atoms with Crippen LogP contribution in [-0.2, 0) is 0 Å². The number of thiazole rings is 1. The molecule has 148 valence electrons. The summed E-state index contributed by atoms with van der Waals surface area (Å²) in [5, 5.41) is 14.6. The normalized spacial score (nSPS) is 11.2. The van der Waals surface area contributed by atoms with Crippen molar-refractivity contribution < 1.29 is 8.91 Å². The predicted octanol–water partition coefficient (Wildman–Crippen LogP) is 6.30. The van der Waals surface area contributed by atoms with Crippen LogP contribution in [-0.4, -0.2) is 22.2 Å². The van der Waals surface area contributed by atoms with Crippen LogP contribution in [0, 0.1) is 18.2 Å². The highest BCUT2D eigenvalue weighted by Crippen LogP contribution is 2.43. The molecule has 5 nitrogen and oxygen atoms in total. The van der Waals surface area contributed by atoms with E-state index in [0.717, 1.165) is 14.8 Å². The maximum absolute atomic E-state index is 14.5. The number of hydrogen-bond donors (Lipinski definition) is 2. The molecular formula is C19H14ClFN4OS3. The van der Waals surface area contributed by atoms with Gasteiger partial charge in [-0.1, -0.05) is 22.8 Å². The maximum Gasteiger partial charge on any atom is 0.143 e. The molecule has 4 aromatic rings. The third kappa shape index (κ3) is 3.59. The van der Waals surface area contributed by atoms with Crippen molar-refractivity contribution in [2.45, 2.75) is 11.1 Å². The SMILES string of the molecule is CSc1sc(C(=N)N)cc1-c1nc(-c2c(-c3c(F)cccc3Cl)noc2C)cs1. The van der Waals surface area contributed by atoms with Crippen LogP contribution in [0.4, 0.5) is 4.39 Å². The molecule has 0 radical (unpaired) electrons. The first-order chi connectivity index (χ1) is 13.9. The van der Waals surface area contributed by atoms with Crippen LogP contribution in [0.3, 0.4) is 0 Å². The number of halogens is 2. The van der Waals surface area contributed by atoms with Crippen LogP contribution in [0.25, 0.3) is 33.1 Å². The van der Waals surface area contributed by atoms with E-state index in [2.05, 4.69) is 5.16 Å². The molecule has 3 heterocycles. The second-order valence-corrected chi connectivity index (χ2v) is 9.42. The fourth-order valence-corrected chi connectivity index (χ4v) is 5.83. The van der Waals surface area contributed by atoms with E-state index in [1.165, 1.54) is 28.7 Å². The third-order valence-corrected chi connectivity index (χ3v) is 7.70. The van der Waals surface area contributed by atoms with Gasteiger partial charge in [0, 0.05) is 10.9 Å². The minimum absolute atomic E-state index is 0.0275. The van der Waals surface area contributed by atoms with Gasteiger partial charge < -0.3 is 10.3 Å². The van der Waals surface area contributed by atoms with E-state index in [1.807, 2.05) is 17.7 Å². The summed E-state index contributed by atoms with van der Waals surface area (Å²) in [6.45, 7) is 1.76. The van der Waals surface area contributed by atoms with Crippen molar-refractivity contribution in [3.05, 3.63) is 51.1 Å². The number of nitrogens with zero attached hydrogens (tertiary/aromatic N) is 2. The lowest BCUT2D eigenvalue weighted by molar-refractivity contribution is 0.400. The number of nitrogens with one attached hydrogen (secondary N) is 1. The summed E-state index contributed by atoms with van der Waals surface area (Å²) in [4.78, 5) is 5.44. The molecule has 0 fully saturated rings. The van der Waals surface area contributed by atoms with Crippen LogP contribution < -0.4 is 5.73 Å². The summed E-state index contributed by atoms with van der Waals surface area (Å²) in [6.07, 6.45) is 1.97. The molecule has 1 aromatic carbocycles. The maximum atomic E-state index is 14.5. The highest BCUT2D eigenvalue weighted by Gasteiger charge is 2.24. The summed E-state index contributed by atoms with van der Waals surface area (Å²) in [5.74, 6) is 0.0757. The van der Waals surface area contributed by atoms with Gasteiger partial charge in [0.05, 0.1) is 30.9 Å². The van der Waals surface area contributed by atoms with Crippen molar-refractivity contribution in [1.82, 2.24) is 10.1 Å². The highest BCUT2D eigenvalue weighted by atomic mass is 35.5. The lowest BCUT2D eigenvalue weighted by atomic mass is 10.0. The first kappa shape index (κ1) is 20.1. The van der Waals surface area contributed by atoms with Crippen molar-refractivity contribution in [2.75, 3.05) is 6.26 Å². The first-order valence-corrected chi connectivity index (χ1v) is 11.6. The molecule has 0 aliphatic rings. The van der Waals surface area contributed by atoms with E-state index in [0.29, 0.717) is 27.6 Å². The lowest BCUT2D eigenvalue weighted by Gasteiger charge is -2.04. The Morgan fingerprint density at radius 3 is 2.83 bits per heavy atom. The van der Waals surface area contributed by atoms with Crippen molar-refractivity contribution in [3.8, 4) is 33.1 Å². The Labute approximate surface area is 183 Å². The van der Waals surface area contributed by atoms with Gasteiger partial charge in [-0.15, -0.1) is 34.4 Å². The minimum atomic E-state index is -0.476. The largest absolute Gasteiger partial charge is 0.383 e. The number of nitrogens with two attached hydrogens (primary N) is 1. The molecule has 4 rings (SSSR count). The van der Waals surface area contributed by atoms with Crippen molar-refractivity contribution >= 4 is 51.9 Å². The Hall–Kier alpha value is -2.20. The number of amidine groups is 1. The molecule has 0 bridgehead atoms. The van der Waals surface area contributed by atoms with Gasteiger partial charge in [0.1, 0.15) is 28.1 Å². The number of nitrogen functional groups attached to an aromatic ring is 1. The molecule has 3 aromatic heterocycles. The number of rotatable bonds is 5. The van der Waals surface area contributed by atoms with E-state index in [9.17, 15) is 4.39 Å². The summed E-state index contributed by atoms with van der Waals surface area (Å²) in [7, 11) is 0. The molecule has 0 atom stereocenters. The van der Waals surface area contributed by atoms with Crippen molar-refractivity contribution in [2.24, 2.45) is 5.73 Å². The average Bonchev–Trinajstić information content (AvgIpc) is 3.39. The first-order valence-electron chi connectivity index (χ1n) is 8.29. The van der Waals surface area contributed by atoms with Gasteiger partial charge in [-0.2, -0.15) is 0 Å². The zero-order valence-electron chi connectivity index (χ0n) is 15.2. The molecule has 0 spiro atoms. The number of hydrogen-bond acceptors (Lipinski definition) is 7. The fraction of sp³-hybridized carbons (Fsp3) is 0.105. The Morgan fingerprint density at radius 1 is 1.34 bits per heavy atom. The Kier molecular flexibility index (Phi) is 5.48. The zero-order valence-corrected chi connectivity index (χ0v) is 18.5. The summed E-state index contributed by atoms with van der Waals surface area (Å²) >= 11 is 10.7. The molecule has 0 aliphatic heterocycles. The molecule has 0 amide bonds. The van der Waals surface area contributed by atoms with Gasteiger partial charge in [-0.05, 0) is 31.4 Å². The second kappa shape index (κ2) is 7.91. The molecule has 0 aliphatic carbocycles. The number of benzene rings is 1. The van der Waals surface area contributed by atoms with Crippen LogP contribution in [0.2, 0.25) is 5.02 Å². The van der Waals surface area contributed by atoms with E-state index >= 15 is 0 Å². The molecule has 0 saturated carbocycles. The smallest absolute Gasteiger partial charge is 0.143 e. The Balaban J connectivity index is 1.83. The van der Waals surface area contributed by atoms with Gasteiger partial charge in [0.2, 0.25) is 0 Å². The second-order valence-electron chi connectivity index (χ2n) is 6.03. The van der Waals surface area contributed by atoms with E-state index < -0.39 is 5.82 Å². The standard InChI is InChI=1S/C19H14ClFN4OS3/c1-8-14(16(25-26-8)15-10(20)4-3-5-11(15)21)12-7-28-18(24-12)9-6-13(17(22)23)29-19(9)27-2/h3-7H,1-2H3,(H3,22,23). The lowest BCUT2D eigenvalue weighted by Crippen LogP contribution is -2.08. The van der Waals surface area contributed by atoms with Gasteiger partial charge in [0.15, 0.2) is 0 Å². The number of thioether (sulfide) groups is 1. The summed E-state index contributed by atoms with van der Waals surface area (Å²) < 4.78 is 20.8. The molecule has 3 N–H and O–H groups in total. The van der Waals surface area contributed by atoms with Crippen molar-refractivity contribution in [3.63, 3.8) is 0 Å². The van der Waals surface area contributed by atoms with E-state index in [-0.39, 0.29) is 16.4 Å². The Bertz CT molecular complexity index is 1210. The fourth-order valence-electron chi connectivity index (χ4n) is 2.89. The summed E-state index contributed by atoms with van der Waals surface area (Å²) in [5.41, 5.74) is 8.30. The van der Waals surface area contributed by atoms with E-state index in [1.54, 1.807) is 30.8 Å². The van der Waals surface area contributed by atoms with Gasteiger partial charge >= 0.3 is 0 Å². The predicted molar refractivity (Wildman–Crippen MR) is 119 cm³/mol. The van der Waals surface area contributed by atoms with Gasteiger partial charge in [0.25, 0.3) is 0 Å².